The van der Waals surface area contributed by atoms with Crippen molar-refractivity contribution in [2.24, 2.45) is 5.92 Å². The highest BCUT2D eigenvalue weighted by molar-refractivity contribution is 7.80. The molecule has 0 radical (unpaired) electrons. The SMILES string of the molecule is CCCOc1cccc(C(=O)NC(=S)NNC(=O)C2CCCCC2)c1. The van der Waals surface area contributed by atoms with Crippen molar-refractivity contribution in [1.82, 2.24) is 16.2 Å². The number of nitrogens with one attached hydrogen (secondary N) is 3. The fourth-order valence-corrected chi connectivity index (χ4v) is 2.88. The lowest BCUT2D eigenvalue weighted by molar-refractivity contribution is -0.126. The van der Waals surface area contributed by atoms with E-state index in [-0.39, 0.29) is 22.8 Å². The second-order valence-electron chi connectivity index (χ2n) is 6.11. The first-order valence-corrected chi connectivity index (χ1v) is 9.15. The van der Waals surface area contributed by atoms with Crippen molar-refractivity contribution >= 4 is 29.1 Å². The third-order valence-electron chi connectivity index (χ3n) is 4.07. The fourth-order valence-electron chi connectivity index (χ4n) is 2.74. The summed E-state index contributed by atoms with van der Waals surface area (Å²) < 4.78 is 5.51. The molecule has 25 heavy (non-hydrogen) atoms. The molecule has 1 aliphatic carbocycles. The van der Waals surface area contributed by atoms with Crippen LogP contribution < -0.4 is 20.9 Å². The summed E-state index contributed by atoms with van der Waals surface area (Å²) in [6.45, 7) is 2.61. The molecule has 1 fully saturated rings. The maximum Gasteiger partial charge on any atom is 0.257 e. The van der Waals surface area contributed by atoms with E-state index in [1.807, 2.05) is 6.92 Å². The fraction of sp³-hybridized carbons (Fsp3) is 0.500. The lowest BCUT2D eigenvalue weighted by atomic mass is 9.89. The van der Waals surface area contributed by atoms with Crippen molar-refractivity contribution in [2.45, 2.75) is 45.4 Å². The molecular formula is C18H25N3O3S. The normalized spacial score (nSPS) is 14.4. The van der Waals surface area contributed by atoms with Crippen LogP contribution in [0.4, 0.5) is 0 Å². The molecule has 0 bridgehead atoms. The summed E-state index contributed by atoms with van der Waals surface area (Å²) in [4.78, 5) is 24.3. The van der Waals surface area contributed by atoms with Gasteiger partial charge in [-0.25, -0.2) is 0 Å². The van der Waals surface area contributed by atoms with Crippen molar-refractivity contribution in [1.29, 1.82) is 0 Å². The van der Waals surface area contributed by atoms with Crippen LogP contribution in [0.15, 0.2) is 24.3 Å². The van der Waals surface area contributed by atoms with Gasteiger partial charge in [0.2, 0.25) is 5.91 Å². The van der Waals surface area contributed by atoms with Gasteiger partial charge in [0.05, 0.1) is 6.61 Å². The van der Waals surface area contributed by atoms with Crippen LogP contribution in [0.2, 0.25) is 0 Å². The number of hydrogen-bond acceptors (Lipinski definition) is 4. The highest BCUT2D eigenvalue weighted by Gasteiger charge is 2.21. The Hall–Kier alpha value is -2.15. The number of amides is 2. The second kappa shape index (κ2) is 9.98. The zero-order valence-electron chi connectivity index (χ0n) is 14.5. The van der Waals surface area contributed by atoms with Gasteiger partial charge in [0.15, 0.2) is 5.11 Å². The zero-order valence-corrected chi connectivity index (χ0v) is 15.3. The maximum atomic E-state index is 12.2. The Balaban J connectivity index is 1.79. The number of carbonyl (C=O) groups is 2. The van der Waals surface area contributed by atoms with Gasteiger partial charge in [0.25, 0.3) is 5.91 Å². The third-order valence-corrected chi connectivity index (χ3v) is 4.28. The van der Waals surface area contributed by atoms with Crippen LogP contribution in [-0.2, 0) is 4.79 Å². The van der Waals surface area contributed by atoms with Crippen LogP contribution >= 0.6 is 12.2 Å². The Kier molecular flexibility index (Phi) is 7.66. The number of benzene rings is 1. The molecule has 0 atom stereocenters. The minimum Gasteiger partial charge on any atom is -0.494 e. The van der Waals surface area contributed by atoms with Gasteiger partial charge in [-0.15, -0.1) is 0 Å². The van der Waals surface area contributed by atoms with E-state index in [1.165, 1.54) is 6.42 Å². The van der Waals surface area contributed by atoms with Crippen LogP contribution in [0.3, 0.4) is 0 Å². The average molecular weight is 363 g/mol. The Bertz CT molecular complexity index is 615. The quantitative estimate of drug-likeness (QED) is 0.554. The molecule has 0 aromatic heterocycles. The number of rotatable bonds is 5. The maximum absolute atomic E-state index is 12.2. The summed E-state index contributed by atoms with van der Waals surface area (Å²) in [6.07, 6.45) is 6.04. The van der Waals surface area contributed by atoms with Gasteiger partial charge in [0, 0.05) is 11.5 Å². The first-order valence-electron chi connectivity index (χ1n) is 8.74. The Morgan fingerprint density at radius 1 is 1.20 bits per heavy atom. The van der Waals surface area contributed by atoms with Gasteiger partial charge in [-0.2, -0.15) is 0 Å². The summed E-state index contributed by atoms with van der Waals surface area (Å²) in [6, 6.07) is 6.89. The Morgan fingerprint density at radius 3 is 2.68 bits per heavy atom. The molecule has 0 saturated heterocycles. The molecule has 7 heteroatoms. The average Bonchev–Trinajstić information content (AvgIpc) is 2.65. The van der Waals surface area contributed by atoms with E-state index >= 15 is 0 Å². The van der Waals surface area contributed by atoms with Gasteiger partial charge in [0.1, 0.15) is 5.75 Å². The zero-order chi connectivity index (χ0) is 18.1. The molecule has 2 rings (SSSR count). The van der Waals surface area contributed by atoms with Crippen molar-refractivity contribution < 1.29 is 14.3 Å². The monoisotopic (exact) mass is 363 g/mol. The number of carbonyl (C=O) groups excluding carboxylic acids is 2. The molecule has 2 amide bonds. The molecule has 6 nitrogen and oxygen atoms in total. The van der Waals surface area contributed by atoms with Gasteiger partial charge < -0.3 is 4.74 Å². The van der Waals surface area contributed by atoms with E-state index in [0.717, 1.165) is 32.1 Å². The van der Waals surface area contributed by atoms with Gasteiger partial charge in [-0.1, -0.05) is 32.3 Å². The predicted molar refractivity (Wildman–Crippen MR) is 100 cm³/mol. The predicted octanol–water partition coefficient (Wildman–Crippen LogP) is 2.69. The molecule has 0 aliphatic heterocycles. The molecule has 1 saturated carbocycles. The molecule has 136 valence electrons. The van der Waals surface area contributed by atoms with Crippen molar-refractivity contribution in [3.8, 4) is 5.75 Å². The second-order valence-corrected chi connectivity index (χ2v) is 6.52. The molecule has 1 aliphatic rings. The van der Waals surface area contributed by atoms with Gasteiger partial charge in [-0.3, -0.25) is 25.8 Å². The van der Waals surface area contributed by atoms with Gasteiger partial charge in [-0.05, 0) is 49.7 Å². The highest BCUT2D eigenvalue weighted by atomic mass is 32.1. The summed E-state index contributed by atoms with van der Waals surface area (Å²) in [7, 11) is 0. The van der Waals surface area contributed by atoms with Crippen LogP contribution in [0.5, 0.6) is 5.75 Å². The minimum atomic E-state index is -0.355. The Labute approximate surface area is 153 Å². The number of hydrazine groups is 1. The number of thiocarbonyl (C=S) groups is 1. The van der Waals surface area contributed by atoms with E-state index in [1.54, 1.807) is 24.3 Å². The first kappa shape index (κ1) is 19.2. The van der Waals surface area contributed by atoms with Crippen LogP contribution in [0, 0.1) is 5.92 Å². The molecule has 0 heterocycles. The van der Waals surface area contributed by atoms with Crippen LogP contribution in [0.1, 0.15) is 55.8 Å². The van der Waals surface area contributed by atoms with Crippen molar-refractivity contribution in [2.75, 3.05) is 6.61 Å². The third kappa shape index (κ3) is 6.34. The van der Waals surface area contributed by atoms with Crippen LogP contribution in [0.25, 0.3) is 0 Å². The summed E-state index contributed by atoms with van der Waals surface area (Å²) in [5.74, 6) is 0.226. The first-order chi connectivity index (χ1) is 12.1. The molecule has 1 aromatic carbocycles. The number of ether oxygens (including phenoxy) is 1. The minimum absolute atomic E-state index is 0.0205. The topological polar surface area (TPSA) is 79.5 Å². The summed E-state index contributed by atoms with van der Waals surface area (Å²) in [5, 5.41) is 2.61. The molecule has 0 spiro atoms. The molecule has 3 N–H and O–H groups in total. The standard InChI is InChI=1S/C18H25N3O3S/c1-2-11-24-15-10-6-9-14(12-15)16(22)19-18(25)21-20-17(23)13-7-4-3-5-8-13/h6,9-10,12-13H,2-5,7-8,11H2,1H3,(H,20,23)(H2,19,21,22,25). The van der Waals surface area contributed by atoms with Gasteiger partial charge >= 0.3 is 0 Å². The van der Waals surface area contributed by atoms with E-state index in [0.29, 0.717) is 17.9 Å². The Morgan fingerprint density at radius 2 is 1.96 bits per heavy atom. The summed E-state index contributed by atoms with van der Waals surface area (Å²) >= 11 is 5.06. The van der Waals surface area contributed by atoms with E-state index in [9.17, 15) is 9.59 Å². The largest absolute Gasteiger partial charge is 0.494 e. The van der Waals surface area contributed by atoms with Crippen LogP contribution in [-0.4, -0.2) is 23.5 Å². The molecule has 0 unspecified atom stereocenters. The highest BCUT2D eigenvalue weighted by Crippen LogP contribution is 2.23. The van der Waals surface area contributed by atoms with Crippen molar-refractivity contribution in [3.05, 3.63) is 29.8 Å². The van der Waals surface area contributed by atoms with Crippen molar-refractivity contribution in [3.63, 3.8) is 0 Å². The number of hydrogen-bond donors (Lipinski definition) is 3. The van der Waals surface area contributed by atoms with E-state index in [2.05, 4.69) is 16.2 Å². The lowest BCUT2D eigenvalue weighted by Gasteiger charge is -2.21. The smallest absolute Gasteiger partial charge is 0.257 e. The van der Waals surface area contributed by atoms with E-state index < -0.39 is 0 Å². The summed E-state index contributed by atoms with van der Waals surface area (Å²) in [5.41, 5.74) is 5.62. The molecular weight excluding hydrogens is 338 g/mol. The molecule has 1 aromatic rings. The van der Waals surface area contributed by atoms with E-state index in [4.69, 9.17) is 17.0 Å². The lowest BCUT2D eigenvalue weighted by Crippen LogP contribution is -2.50.